The monoisotopic (exact) mass is 298 g/mol. The van der Waals surface area contributed by atoms with E-state index in [9.17, 15) is 19.8 Å². The molecule has 0 aromatic rings. The van der Waals surface area contributed by atoms with Crippen molar-refractivity contribution in [2.75, 3.05) is 0 Å². The first kappa shape index (κ1) is 18.0. The zero-order valence-electron chi connectivity index (χ0n) is 13.7. The maximum atomic E-state index is 12.0. The molecule has 0 aromatic heterocycles. The summed E-state index contributed by atoms with van der Waals surface area (Å²) < 4.78 is 0. The van der Waals surface area contributed by atoms with Crippen LogP contribution in [-0.2, 0) is 9.59 Å². The average Bonchev–Trinajstić information content (AvgIpc) is 2.43. The van der Waals surface area contributed by atoms with Gasteiger partial charge in [0.1, 0.15) is 0 Å². The Hall–Kier alpha value is -1.06. The Labute approximate surface area is 127 Å². The van der Waals surface area contributed by atoms with Crippen molar-refractivity contribution in [3.8, 4) is 0 Å². The summed E-state index contributed by atoms with van der Waals surface area (Å²) in [6, 6.07) is 0. The molecule has 1 saturated carbocycles. The Balaban J connectivity index is 2.98. The van der Waals surface area contributed by atoms with Gasteiger partial charge in [0.15, 0.2) is 0 Å². The van der Waals surface area contributed by atoms with Crippen molar-refractivity contribution in [1.82, 2.24) is 0 Å². The van der Waals surface area contributed by atoms with Gasteiger partial charge >= 0.3 is 11.9 Å². The maximum absolute atomic E-state index is 12.0. The first-order valence-electron chi connectivity index (χ1n) is 8.29. The minimum Gasteiger partial charge on any atom is -0.481 e. The number of carboxylic acids is 2. The van der Waals surface area contributed by atoms with Gasteiger partial charge in [0.2, 0.25) is 0 Å². The molecule has 1 aliphatic carbocycles. The highest BCUT2D eigenvalue weighted by Crippen LogP contribution is 2.56. The minimum absolute atomic E-state index is 0.402. The molecule has 2 unspecified atom stereocenters. The predicted octanol–water partition coefficient (Wildman–Crippen LogP) is 4.33. The number of rotatable bonds is 8. The lowest BCUT2D eigenvalue weighted by molar-refractivity contribution is -0.181. The molecule has 0 heterocycles. The average molecular weight is 298 g/mol. The van der Waals surface area contributed by atoms with Crippen molar-refractivity contribution in [2.24, 2.45) is 16.7 Å². The largest absolute Gasteiger partial charge is 0.481 e. The van der Waals surface area contributed by atoms with Crippen LogP contribution >= 0.6 is 0 Å². The second-order valence-electron chi connectivity index (χ2n) is 6.97. The molecule has 0 radical (unpaired) electrons. The van der Waals surface area contributed by atoms with E-state index in [0.717, 1.165) is 32.1 Å². The first-order valence-corrected chi connectivity index (χ1v) is 8.29. The van der Waals surface area contributed by atoms with Crippen LogP contribution in [0.15, 0.2) is 0 Å². The fraction of sp³-hybridized carbons (Fsp3) is 0.882. The van der Waals surface area contributed by atoms with Crippen molar-refractivity contribution in [3.63, 3.8) is 0 Å². The van der Waals surface area contributed by atoms with E-state index in [1.165, 1.54) is 0 Å². The fourth-order valence-corrected chi connectivity index (χ4v) is 4.07. The highest BCUT2D eigenvalue weighted by atomic mass is 16.4. The number of unbranched alkanes of at least 4 members (excludes halogenated alkanes) is 1. The molecule has 0 spiro atoms. The van der Waals surface area contributed by atoms with E-state index in [0.29, 0.717) is 31.6 Å². The molecule has 1 rings (SSSR count). The number of hydrogen-bond donors (Lipinski definition) is 2. The normalized spacial score (nSPS) is 29.5. The Bertz CT molecular complexity index is 377. The number of carbonyl (C=O) groups is 2. The van der Waals surface area contributed by atoms with Crippen molar-refractivity contribution in [2.45, 2.75) is 78.6 Å². The molecule has 4 heteroatoms. The van der Waals surface area contributed by atoms with Gasteiger partial charge in [0.05, 0.1) is 10.8 Å². The van der Waals surface area contributed by atoms with Gasteiger partial charge in [-0.2, -0.15) is 0 Å². The smallest absolute Gasteiger partial charge is 0.310 e. The predicted molar refractivity (Wildman–Crippen MR) is 82.2 cm³/mol. The van der Waals surface area contributed by atoms with Gasteiger partial charge in [-0.05, 0) is 31.6 Å². The third-order valence-corrected chi connectivity index (χ3v) is 5.43. The lowest BCUT2D eigenvalue weighted by Crippen LogP contribution is -2.54. The molecule has 0 amide bonds. The summed E-state index contributed by atoms with van der Waals surface area (Å²) in [6.07, 6.45) is 6.40. The van der Waals surface area contributed by atoms with Gasteiger partial charge in [-0.1, -0.05) is 52.9 Å². The lowest BCUT2D eigenvalue weighted by atomic mass is 9.53. The van der Waals surface area contributed by atoms with E-state index < -0.39 is 22.8 Å². The van der Waals surface area contributed by atoms with E-state index in [-0.39, 0.29) is 0 Å². The van der Waals surface area contributed by atoms with Crippen LogP contribution in [0.5, 0.6) is 0 Å². The molecule has 2 N–H and O–H groups in total. The Morgan fingerprint density at radius 3 is 1.95 bits per heavy atom. The van der Waals surface area contributed by atoms with Crippen LogP contribution in [0.4, 0.5) is 0 Å². The van der Waals surface area contributed by atoms with Gasteiger partial charge < -0.3 is 10.2 Å². The van der Waals surface area contributed by atoms with E-state index in [2.05, 4.69) is 13.8 Å². The van der Waals surface area contributed by atoms with Crippen LogP contribution in [0.2, 0.25) is 0 Å². The van der Waals surface area contributed by atoms with E-state index in [1.807, 2.05) is 6.92 Å². The second-order valence-corrected chi connectivity index (χ2v) is 6.97. The Morgan fingerprint density at radius 1 is 1.00 bits per heavy atom. The number of carboxylic acid groups (broad SMARTS) is 2. The minimum atomic E-state index is -1.09. The van der Waals surface area contributed by atoms with Crippen LogP contribution in [0.3, 0.4) is 0 Å². The third kappa shape index (κ3) is 3.41. The summed E-state index contributed by atoms with van der Waals surface area (Å²) in [5.74, 6) is -1.22. The number of aliphatic carboxylic acids is 2. The summed E-state index contributed by atoms with van der Waals surface area (Å²) in [5.41, 5.74) is -2.17. The molecule has 0 aliphatic heterocycles. The van der Waals surface area contributed by atoms with Crippen LogP contribution in [0, 0.1) is 16.7 Å². The van der Waals surface area contributed by atoms with Crippen molar-refractivity contribution >= 4 is 11.9 Å². The maximum Gasteiger partial charge on any atom is 0.310 e. The molecule has 1 aliphatic rings. The SMILES string of the molecule is CCC1(C(=O)O)CCCCC1(CCCCC(C)C)C(=O)O. The van der Waals surface area contributed by atoms with Gasteiger partial charge in [-0.3, -0.25) is 9.59 Å². The highest BCUT2D eigenvalue weighted by molar-refractivity contribution is 5.87. The zero-order valence-corrected chi connectivity index (χ0v) is 13.7. The molecule has 0 saturated heterocycles. The van der Waals surface area contributed by atoms with Crippen LogP contribution in [0.1, 0.15) is 78.6 Å². The summed E-state index contributed by atoms with van der Waals surface area (Å²) >= 11 is 0. The summed E-state index contributed by atoms with van der Waals surface area (Å²) in [5, 5.41) is 19.6. The molecule has 2 atom stereocenters. The number of hydrogen-bond acceptors (Lipinski definition) is 2. The zero-order chi connectivity index (χ0) is 16.1. The van der Waals surface area contributed by atoms with Gasteiger partial charge in [-0.15, -0.1) is 0 Å². The molecule has 4 nitrogen and oxygen atoms in total. The van der Waals surface area contributed by atoms with Crippen molar-refractivity contribution in [1.29, 1.82) is 0 Å². The Kier molecular flexibility index (Phi) is 6.24. The second kappa shape index (κ2) is 7.28. The van der Waals surface area contributed by atoms with Crippen LogP contribution in [-0.4, -0.2) is 22.2 Å². The molecule has 21 heavy (non-hydrogen) atoms. The lowest BCUT2D eigenvalue weighted by Gasteiger charge is -2.48. The summed E-state index contributed by atoms with van der Waals surface area (Å²) in [7, 11) is 0. The van der Waals surface area contributed by atoms with E-state index in [4.69, 9.17) is 0 Å². The van der Waals surface area contributed by atoms with Gasteiger partial charge in [0, 0.05) is 0 Å². The molecular formula is C17H30O4. The first-order chi connectivity index (χ1) is 9.82. The van der Waals surface area contributed by atoms with Gasteiger partial charge in [-0.25, -0.2) is 0 Å². The molecule has 122 valence electrons. The molecule has 0 aromatic carbocycles. The van der Waals surface area contributed by atoms with E-state index >= 15 is 0 Å². The van der Waals surface area contributed by atoms with E-state index in [1.54, 1.807) is 0 Å². The van der Waals surface area contributed by atoms with Crippen molar-refractivity contribution in [3.05, 3.63) is 0 Å². The Morgan fingerprint density at radius 2 is 1.52 bits per heavy atom. The van der Waals surface area contributed by atoms with Gasteiger partial charge in [0.25, 0.3) is 0 Å². The summed E-state index contributed by atoms with van der Waals surface area (Å²) in [4.78, 5) is 23.9. The standard InChI is InChI=1S/C17H30O4/c1-4-16(14(18)19)10-7-8-12-17(16,15(20)21)11-6-5-9-13(2)3/h13H,4-12H2,1-3H3,(H,18,19)(H,20,21). The van der Waals surface area contributed by atoms with Crippen LogP contribution < -0.4 is 0 Å². The summed E-state index contributed by atoms with van der Waals surface area (Å²) in [6.45, 7) is 6.13. The quantitative estimate of drug-likeness (QED) is 0.654. The highest BCUT2D eigenvalue weighted by Gasteiger charge is 2.60. The molecular weight excluding hydrogens is 268 g/mol. The fourth-order valence-electron chi connectivity index (χ4n) is 4.07. The molecule has 0 bridgehead atoms. The van der Waals surface area contributed by atoms with Crippen LogP contribution in [0.25, 0.3) is 0 Å². The molecule has 1 fully saturated rings. The third-order valence-electron chi connectivity index (χ3n) is 5.43. The topological polar surface area (TPSA) is 74.6 Å². The van der Waals surface area contributed by atoms with Crippen molar-refractivity contribution < 1.29 is 19.8 Å².